The maximum absolute atomic E-state index is 11.6. The van der Waals surface area contributed by atoms with Crippen molar-refractivity contribution in [2.75, 3.05) is 0 Å². The minimum atomic E-state index is -4.82. The molecule has 0 bridgehead atoms. The average molecular weight is 182 g/mol. The van der Waals surface area contributed by atoms with Gasteiger partial charge in [-0.1, -0.05) is 0 Å². The van der Waals surface area contributed by atoms with Crippen molar-refractivity contribution in [1.29, 1.82) is 5.41 Å². The molecule has 0 amide bonds. The van der Waals surface area contributed by atoms with E-state index in [0.29, 0.717) is 0 Å². The molecule has 0 saturated heterocycles. The molecule has 0 aromatic heterocycles. The van der Waals surface area contributed by atoms with Gasteiger partial charge in [-0.3, -0.25) is 15.5 Å². The first-order valence-electron chi connectivity index (χ1n) is 2.73. The summed E-state index contributed by atoms with van der Waals surface area (Å²) >= 11 is 0. The molecule has 68 valence electrons. The van der Waals surface area contributed by atoms with Crippen molar-refractivity contribution < 1.29 is 18.1 Å². The van der Waals surface area contributed by atoms with Gasteiger partial charge in [0.05, 0.1) is 4.92 Å². The lowest BCUT2D eigenvalue weighted by atomic mass is 10.3. The number of hydrogen-bond donors (Lipinski definition) is 1. The topological polar surface area (TPSA) is 67.0 Å². The quantitative estimate of drug-likeness (QED) is 0.401. The molecule has 0 atom stereocenters. The first-order chi connectivity index (χ1) is 5.25. The van der Waals surface area contributed by atoms with E-state index in [1.54, 1.807) is 0 Å². The average Bonchev–Trinajstić information content (AvgIpc) is 1.85. The SMILES string of the molecule is C/C(=C/C(=N)C(F)(F)F)[N+](=O)[O-]. The highest BCUT2D eigenvalue weighted by Crippen LogP contribution is 2.17. The van der Waals surface area contributed by atoms with E-state index in [9.17, 15) is 23.3 Å². The zero-order valence-corrected chi connectivity index (χ0v) is 5.97. The first kappa shape index (κ1) is 10.6. The fourth-order valence-electron chi connectivity index (χ4n) is 0.343. The molecule has 0 fully saturated rings. The third-order valence-corrected chi connectivity index (χ3v) is 0.947. The molecular formula is C5H5F3N2O2. The number of nitrogens with zero attached hydrogens (tertiary/aromatic N) is 1. The number of allylic oxidation sites excluding steroid dienone is 2. The summed E-state index contributed by atoms with van der Waals surface area (Å²) < 4.78 is 34.7. The Bertz CT molecular complexity index is 244. The number of nitrogens with one attached hydrogen (secondary N) is 1. The molecule has 7 heteroatoms. The van der Waals surface area contributed by atoms with E-state index in [4.69, 9.17) is 5.41 Å². The number of rotatable bonds is 2. The van der Waals surface area contributed by atoms with Gasteiger partial charge in [0.2, 0.25) is 5.70 Å². The van der Waals surface area contributed by atoms with E-state index in [1.807, 2.05) is 0 Å². The van der Waals surface area contributed by atoms with Crippen molar-refractivity contribution in [2.45, 2.75) is 13.1 Å². The molecule has 0 aromatic carbocycles. The van der Waals surface area contributed by atoms with Crippen LogP contribution in [0.15, 0.2) is 11.8 Å². The Labute approximate surface area is 65.3 Å². The van der Waals surface area contributed by atoms with E-state index in [2.05, 4.69) is 0 Å². The lowest BCUT2D eigenvalue weighted by molar-refractivity contribution is -0.424. The van der Waals surface area contributed by atoms with Crippen LogP contribution in [0.25, 0.3) is 0 Å². The molecular weight excluding hydrogens is 177 g/mol. The maximum Gasteiger partial charge on any atom is 0.432 e. The highest BCUT2D eigenvalue weighted by Gasteiger charge is 2.33. The van der Waals surface area contributed by atoms with E-state index in [-0.39, 0.29) is 6.08 Å². The second-order valence-electron chi connectivity index (χ2n) is 1.95. The molecule has 0 saturated carbocycles. The molecule has 0 aromatic rings. The van der Waals surface area contributed by atoms with E-state index in [0.717, 1.165) is 6.92 Å². The molecule has 0 aliphatic carbocycles. The summed E-state index contributed by atoms with van der Waals surface area (Å²) in [5.74, 6) is 0. The van der Waals surface area contributed by atoms with Crippen LogP contribution in [0.2, 0.25) is 0 Å². The van der Waals surface area contributed by atoms with Crippen molar-refractivity contribution in [2.24, 2.45) is 0 Å². The van der Waals surface area contributed by atoms with Crippen LogP contribution in [-0.4, -0.2) is 16.8 Å². The minimum absolute atomic E-state index is 0.167. The van der Waals surface area contributed by atoms with Gasteiger partial charge in [-0.2, -0.15) is 13.2 Å². The Morgan fingerprint density at radius 2 is 2.00 bits per heavy atom. The van der Waals surface area contributed by atoms with Gasteiger partial charge in [0.25, 0.3) is 0 Å². The lowest BCUT2D eigenvalue weighted by Gasteiger charge is -2.01. The van der Waals surface area contributed by atoms with Crippen LogP contribution in [0.4, 0.5) is 13.2 Å². The molecule has 0 spiro atoms. The summed E-state index contributed by atoms with van der Waals surface area (Å²) in [6.45, 7) is 0.889. The monoisotopic (exact) mass is 182 g/mol. The maximum atomic E-state index is 11.6. The molecule has 4 nitrogen and oxygen atoms in total. The molecule has 12 heavy (non-hydrogen) atoms. The van der Waals surface area contributed by atoms with Gasteiger partial charge in [-0.15, -0.1) is 0 Å². The normalized spacial score (nSPS) is 12.8. The highest BCUT2D eigenvalue weighted by molar-refractivity contribution is 5.97. The van der Waals surface area contributed by atoms with Gasteiger partial charge in [0, 0.05) is 13.0 Å². The van der Waals surface area contributed by atoms with Crippen LogP contribution >= 0.6 is 0 Å². The van der Waals surface area contributed by atoms with Gasteiger partial charge in [-0.25, -0.2) is 0 Å². The number of nitro groups is 1. The minimum Gasteiger partial charge on any atom is -0.296 e. The predicted molar refractivity (Wildman–Crippen MR) is 34.5 cm³/mol. The second-order valence-corrected chi connectivity index (χ2v) is 1.95. The van der Waals surface area contributed by atoms with Crippen LogP contribution in [0.1, 0.15) is 6.92 Å². The zero-order valence-electron chi connectivity index (χ0n) is 5.97. The van der Waals surface area contributed by atoms with E-state index >= 15 is 0 Å². The summed E-state index contributed by atoms with van der Waals surface area (Å²) in [6.07, 6.45) is -4.66. The Kier molecular flexibility index (Phi) is 2.94. The van der Waals surface area contributed by atoms with Gasteiger partial charge in [0.1, 0.15) is 5.71 Å². The van der Waals surface area contributed by atoms with E-state index < -0.39 is 22.5 Å². The third kappa shape index (κ3) is 3.13. The molecule has 1 N–H and O–H groups in total. The smallest absolute Gasteiger partial charge is 0.296 e. The molecule has 0 aliphatic rings. The summed E-state index contributed by atoms with van der Waals surface area (Å²) in [5, 5.41) is 16.2. The standard InChI is InChI=1S/C5H5F3N2O2/c1-3(10(11)12)2-4(9)5(6,7)8/h2,9H,1H3/b3-2-,9-4?. The van der Waals surface area contributed by atoms with Crippen LogP contribution in [0, 0.1) is 15.5 Å². The Morgan fingerprint density at radius 3 is 2.25 bits per heavy atom. The fraction of sp³-hybridized carbons (Fsp3) is 0.400. The summed E-state index contributed by atoms with van der Waals surface area (Å²) in [5.41, 5.74) is -2.44. The lowest BCUT2D eigenvalue weighted by Crippen LogP contribution is -2.20. The van der Waals surface area contributed by atoms with Crippen LogP contribution < -0.4 is 0 Å². The third-order valence-electron chi connectivity index (χ3n) is 0.947. The summed E-state index contributed by atoms with van der Waals surface area (Å²) in [4.78, 5) is 8.85. The van der Waals surface area contributed by atoms with Gasteiger partial charge < -0.3 is 0 Å². The van der Waals surface area contributed by atoms with Crippen LogP contribution in [0.3, 0.4) is 0 Å². The number of hydrogen-bond acceptors (Lipinski definition) is 3. The van der Waals surface area contributed by atoms with Crippen molar-refractivity contribution in [3.8, 4) is 0 Å². The molecule has 0 heterocycles. The number of alkyl halides is 3. The first-order valence-corrected chi connectivity index (χ1v) is 2.73. The van der Waals surface area contributed by atoms with Gasteiger partial charge in [0.15, 0.2) is 0 Å². The molecule has 0 radical (unpaired) electrons. The summed E-state index contributed by atoms with van der Waals surface area (Å²) in [7, 11) is 0. The predicted octanol–water partition coefficient (Wildman–Crippen LogP) is 1.75. The second kappa shape index (κ2) is 3.33. The molecule has 0 rings (SSSR count). The van der Waals surface area contributed by atoms with Crippen molar-refractivity contribution in [3.63, 3.8) is 0 Å². The fourth-order valence-corrected chi connectivity index (χ4v) is 0.343. The number of halogens is 3. The van der Waals surface area contributed by atoms with Gasteiger partial charge >= 0.3 is 6.18 Å². The Balaban J connectivity index is 4.57. The van der Waals surface area contributed by atoms with Gasteiger partial charge in [-0.05, 0) is 0 Å². The van der Waals surface area contributed by atoms with Crippen molar-refractivity contribution in [1.82, 2.24) is 0 Å². The van der Waals surface area contributed by atoms with E-state index in [1.165, 1.54) is 0 Å². The zero-order chi connectivity index (χ0) is 9.94. The largest absolute Gasteiger partial charge is 0.432 e. The van der Waals surface area contributed by atoms with Crippen molar-refractivity contribution in [3.05, 3.63) is 21.9 Å². The van der Waals surface area contributed by atoms with Crippen LogP contribution in [-0.2, 0) is 0 Å². The highest BCUT2D eigenvalue weighted by atomic mass is 19.4. The Hall–Kier alpha value is -1.40. The molecule has 0 aliphatic heterocycles. The summed E-state index contributed by atoms with van der Waals surface area (Å²) in [6, 6.07) is 0. The van der Waals surface area contributed by atoms with Crippen molar-refractivity contribution >= 4 is 5.71 Å². The molecule has 0 unspecified atom stereocenters. The Morgan fingerprint density at radius 1 is 1.58 bits per heavy atom. The van der Waals surface area contributed by atoms with Crippen LogP contribution in [0.5, 0.6) is 0 Å².